The lowest BCUT2D eigenvalue weighted by atomic mass is 10.1. The highest BCUT2D eigenvalue weighted by atomic mass is 19.1. The Balaban J connectivity index is 2.34. The molecule has 1 aromatic heterocycles. The molecule has 0 saturated carbocycles. The molecule has 3 nitrogen and oxygen atoms in total. The van der Waals surface area contributed by atoms with Crippen LogP contribution >= 0.6 is 0 Å². The van der Waals surface area contributed by atoms with Crippen molar-refractivity contribution in [2.24, 2.45) is 5.73 Å². The highest BCUT2D eigenvalue weighted by Crippen LogP contribution is 2.28. The molecule has 1 heterocycles. The maximum Gasteiger partial charge on any atom is 0.224 e. The van der Waals surface area contributed by atoms with Gasteiger partial charge in [-0.3, -0.25) is 0 Å². The normalized spacial score (nSPS) is 12.2. The molecule has 2 N–H and O–H groups in total. The smallest absolute Gasteiger partial charge is 0.224 e. The molecule has 0 saturated heterocycles. The van der Waals surface area contributed by atoms with Gasteiger partial charge in [-0.25, -0.2) is 13.8 Å². The molecule has 1 atom stereocenters. The van der Waals surface area contributed by atoms with E-state index in [0.29, 0.717) is 5.56 Å². The highest BCUT2D eigenvalue weighted by molar-refractivity contribution is 5.34. The van der Waals surface area contributed by atoms with Gasteiger partial charge in [0.1, 0.15) is 5.82 Å². The number of rotatable bonds is 3. The molecule has 0 spiro atoms. The van der Waals surface area contributed by atoms with E-state index >= 15 is 0 Å². The van der Waals surface area contributed by atoms with Crippen LogP contribution in [0.2, 0.25) is 0 Å². The molecule has 0 radical (unpaired) electrons. The summed E-state index contributed by atoms with van der Waals surface area (Å²) in [6, 6.07) is 6.25. The van der Waals surface area contributed by atoms with E-state index in [1.54, 1.807) is 19.1 Å². The fourth-order valence-corrected chi connectivity index (χ4v) is 1.50. The van der Waals surface area contributed by atoms with Crippen LogP contribution in [0.3, 0.4) is 0 Å². The van der Waals surface area contributed by atoms with Crippen LogP contribution in [0.1, 0.15) is 18.5 Å². The minimum atomic E-state index is -0.781. The van der Waals surface area contributed by atoms with Crippen molar-refractivity contribution in [2.75, 3.05) is 0 Å². The first kappa shape index (κ1) is 12.4. The zero-order valence-corrected chi connectivity index (χ0v) is 9.73. The maximum absolute atomic E-state index is 13.4. The van der Waals surface area contributed by atoms with Gasteiger partial charge < -0.3 is 10.5 Å². The molecular formula is C13H12F2N2O. The SMILES string of the molecule is C[C@H](N)c1cccnc1Oc1ccc(F)cc1F. The van der Waals surface area contributed by atoms with E-state index in [2.05, 4.69) is 4.98 Å². The third kappa shape index (κ3) is 2.62. The van der Waals surface area contributed by atoms with E-state index in [9.17, 15) is 8.78 Å². The molecule has 5 heteroatoms. The number of hydrogen-bond acceptors (Lipinski definition) is 3. The van der Waals surface area contributed by atoms with Crippen molar-refractivity contribution in [3.63, 3.8) is 0 Å². The van der Waals surface area contributed by atoms with Crippen molar-refractivity contribution in [1.29, 1.82) is 0 Å². The van der Waals surface area contributed by atoms with E-state index in [-0.39, 0.29) is 17.7 Å². The van der Waals surface area contributed by atoms with E-state index in [4.69, 9.17) is 10.5 Å². The van der Waals surface area contributed by atoms with Crippen LogP contribution in [0.25, 0.3) is 0 Å². The summed E-state index contributed by atoms with van der Waals surface area (Å²) in [5.41, 5.74) is 6.41. The standard InChI is InChI=1S/C13H12F2N2O/c1-8(16)10-3-2-6-17-13(10)18-12-5-4-9(14)7-11(12)15/h2-8H,16H2,1H3/t8-/m0/s1. The average molecular weight is 250 g/mol. The van der Waals surface area contributed by atoms with Crippen molar-refractivity contribution < 1.29 is 13.5 Å². The first-order valence-corrected chi connectivity index (χ1v) is 5.41. The van der Waals surface area contributed by atoms with Crippen LogP contribution in [0.4, 0.5) is 8.78 Å². The fraction of sp³-hybridized carbons (Fsp3) is 0.154. The third-order valence-electron chi connectivity index (χ3n) is 2.39. The predicted octanol–water partition coefficient (Wildman–Crippen LogP) is 3.17. The minimum absolute atomic E-state index is 0.0861. The number of ether oxygens (including phenoxy) is 1. The lowest BCUT2D eigenvalue weighted by Gasteiger charge is -2.12. The van der Waals surface area contributed by atoms with Crippen molar-refractivity contribution in [3.8, 4) is 11.6 Å². The number of benzene rings is 1. The Hall–Kier alpha value is -2.01. The minimum Gasteiger partial charge on any atom is -0.436 e. The van der Waals surface area contributed by atoms with Gasteiger partial charge in [-0.1, -0.05) is 6.07 Å². The molecular weight excluding hydrogens is 238 g/mol. The van der Waals surface area contributed by atoms with Crippen LogP contribution in [-0.4, -0.2) is 4.98 Å². The summed E-state index contributed by atoms with van der Waals surface area (Å²) < 4.78 is 31.5. The van der Waals surface area contributed by atoms with E-state index in [0.717, 1.165) is 12.1 Å². The highest BCUT2D eigenvalue weighted by Gasteiger charge is 2.12. The molecule has 0 fully saturated rings. The molecule has 94 valence electrons. The van der Waals surface area contributed by atoms with Gasteiger partial charge in [0.15, 0.2) is 11.6 Å². The van der Waals surface area contributed by atoms with Gasteiger partial charge in [-0.2, -0.15) is 0 Å². The first-order chi connectivity index (χ1) is 8.58. The Bertz CT molecular complexity index is 558. The van der Waals surface area contributed by atoms with Crippen LogP contribution in [0, 0.1) is 11.6 Å². The summed E-state index contributed by atoms with van der Waals surface area (Å²) in [6.45, 7) is 1.77. The molecule has 1 aromatic carbocycles. The third-order valence-corrected chi connectivity index (χ3v) is 2.39. The van der Waals surface area contributed by atoms with Crippen molar-refractivity contribution >= 4 is 0 Å². The second kappa shape index (κ2) is 5.10. The number of pyridine rings is 1. The topological polar surface area (TPSA) is 48.1 Å². The van der Waals surface area contributed by atoms with E-state index in [1.807, 2.05) is 0 Å². The molecule has 18 heavy (non-hydrogen) atoms. The van der Waals surface area contributed by atoms with Gasteiger partial charge in [0.05, 0.1) is 0 Å². The molecule has 0 aliphatic rings. The molecule has 0 aliphatic carbocycles. The van der Waals surface area contributed by atoms with Gasteiger partial charge >= 0.3 is 0 Å². The lowest BCUT2D eigenvalue weighted by molar-refractivity contribution is 0.416. The molecule has 2 rings (SSSR count). The molecule has 0 unspecified atom stereocenters. The second-order valence-electron chi connectivity index (χ2n) is 3.86. The Morgan fingerprint density at radius 1 is 1.28 bits per heavy atom. The van der Waals surface area contributed by atoms with E-state index < -0.39 is 11.6 Å². The molecule has 0 bridgehead atoms. The zero-order valence-electron chi connectivity index (χ0n) is 9.73. The summed E-state index contributed by atoms with van der Waals surface area (Å²) in [4.78, 5) is 4.00. The van der Waals surface area contributed by atoms with Gasteiger partial charge in [-0.05, 0) is 25.1 Å². The van der Waals surface area contributed by atoms with Crippen molar-refractivity contribution in [1.82, 2.24) is 4.98 Å². The summed E-state index contributed by atoms with van der Waals surface area (Å²) >= 11 is 0. The maximum atomic E-state index is 13.4. The molecule has 0 amide bonds. The molecule has 0 aliphatic heterocycles. The van der Waals surface area contributed by atoms with Crippen molar-refractivity contribution in [3.05, 3.63) is 53.7 Å². The summed E-state index contributed by atoms with van der Waals surface area (Å²) in [6.07, 6.45) is 1.52. The van der Waals surface area contributed by atoms with Crippen molar-refractivity contribution in [2.45, 2.75) is 13.0 Å². The number of hydrogen-bond donors (Lipinski definition) is 1. The summed E-state index contributed by atoms with van der Waals surface area (Å²) in [5, 5.41) is 0. The Kier molecular flexibility index (Phi) is 3.53. The Morgan fingerprint density at radius 3 is 2.72 bits per heavy atom. The van der Waals surface area contributed by atoms with Gasteiger partial charge in [0.2, 0.25) is 5.88 Å². The van der Waals surface area contributed by atoms with Crippen LogP contribution in [0.5, 0.6) is 11.6 Å². The Morgan fingerprint density at radius 2 is 2.06 bits per heavy atom. The number of halogens is 2. The predicted molar refractivity (Wildman–Crippen MR) is 63.3 cm³/mol. The van der Waals surface area contributed by atoms with Crippen LogP contribution in [-0.2, 0) is 0 Å². The van der Waals surface area contributed by atoms with Crippen LogP contribution in [0.15, 0.2) is 36.5 Å². The Labute approximate surface area is 103 Å². The number of aromatic nitrogens is 1. The summed E-state index contributed by atoms with van der Waals surface area (Å²) in [5.74, 6) is -1.31. The zero-order chi connectivity index (χ0) is 13.1. The van der Waals surface area contributed by atoms with Crippen LogP contribution < -0.4 is 10.5 Å². The number of nitrogens with zero attached hydrogens (tertiary/aromatic N) is 1. The van der Waals surface area contributed by atoms with Gasteiger partial charge in [-0.15, -0.1) is 0 Å². The quantitative estimate of drug-likeness (QED) is 0.910. The van der Waals surface area contributed by atoms with Gasteiger partial charge in [0.25, 0.3) is 0 Å². The summed E-state index contributed by atoms with van der Waals surface area (Å²) in [7, 11) is 0. The molecule has 2 aromatic rings. The second-order valence-corrected chi connectivity index (χ2v) is 3.86. The fourth-order valence-electron chi connectivity index (χ4n) is 1.50. The monoisotopic (exact) mass is 250 g/mol. The van der Waals surface area contributed by atoms with E-state index in [1.165, 1.54) is 12.3 Å². The largest absolute Gasteiger partial charge is 0.436 e. The van der Waals surface area contributed by atoms with Gasteiger partial charge in [0, 0.05) is 23.9 Å². The lowest BCUT2D eigenvalue weighted by Crippen LogP contribution is -2.07. The first-order valence-electron chi connectivity index (χ1n) is 5.41. The number of nitrogens with two attached hydrogens (primary N) is 1. The average Bonchev–Trinajstić information content (AvgIpc) is 2.33.